The summed E-state index contributed by atoms with van der Waals surface area (Å²) in [5, 5.41) is 20.2. The number of phenols is 1. The molecule has 38 heavy (non-hydrogen) atoms. The number of hydrazine groups is 1. The summed E-state index contributed by atoms with van der Waals surface area (Å²) in [6.07, 6.45) is 0. The maximum absolute atomic E-state index is 13.3. The number of amidine groups is 1. The maximum atomic E-state index is 13.3. The smallest absolute Gasteiger partial charge is 0.269 e. The molecule has 3 aromatic carbocycles. The van der Waals surface area contributed by atoms with Gasteiger partial charge in [0.05, 0.1) is 13.2 Å². The summed E-state index contributed by atoms with van der Waals surface area (Å²) in [6, 6.07) is 16.5. The largest absolute Gasteiger partial charge is 0.508 e. The van der Waals surface area contributed by atoms with Gasteiger partial charge in [-0.15, -0.1) is 0 Å². The molecule has 0 aliphatic carbocycles. The number of methoxy groups -OCH3 is 1. The van der Waals surface area contributed by atoms with Crippen LogP contribution in [-0.4, -0.2) is 49.7 Å². The van der Waals surface area contributed by atoms with Gasteiger partial charge in [0.25, 0.3) is 11.8 Å². The van der Waals surface area contributed by atoms with Crippen LogP contribution >= 0.6 is 0 Å². The standard InChI is InChI=1S/C27H31N5O6/c1-3-37-23-16-19(8-13-22(23)38-15-14-36-2)24(30-20-9-4-17(5-10-20)25(28)29)27(35)32-31-26(34)18-6-11-21(33)12-7-18/h4-13,16,24,30,33H,3,14-15H2,1-2H3,(H3,28,29)(H,31,34)(H,32,35). The molecular formula is C27H31N5O6. The molecule has 0 saturated carbocycles. The molecule has 200 valence electrons. The van der Waals surface area contributed by atoms with E-state index in [1.165, 1.54) is 24.3 Å². The predicted octanol–water partition coefficient (Wildman–Crippen LogP) is 2.71. The van der Waals surface area contributed by atoms with Gasteiger partial charge in [-0.25, -0.2) is 0 Å². The highest BCUT2D eigenvalue weighted by atomic mass is 16.5. The van der Waals surface area contributed by atoms with E-state index in [0.717, 1.165) is 0 Å². The van der Waals surface area contributed by atoms with E-state index in [2.05, 4.69) is 16.2 Å². The van der Waals surface area contributed by atoms with Crippen molar-refractivity contribution in [2.45, 2.75) is 13.0 Å². The van der Waals surface area contributed by atoms with Gasteiger partial charge in [0.2, 0.25) is 0 Å². The normalized spacial score (nSPS) is 11.2. The third-order valence-electron chi connectivity index (χ3n) is 5.34. The fourth-order valence-electron chi connectivity index (χ4n) is 3.42. The Kier molecular flexibility index (Phi) is 9.89. The molecule has 0 heterocycles. The number of rotatable bonds is 12. The summed E-state index contributed by atoms with van der Waals surface area (Å²) >= 11 is 0. The molecule has 0 saturated heterocycles. The molecule has 0 fully saturated rings. The summed E-state index contributed by atoms with van der Waals surface area (Å²) in [6.45, 7) is 2.94. The molecule has 7 N–H and O–H groups in total. The van der Waals surface area contributed by atoms with Gasteiger partial charge in [-0.3, -0.25) is 25.8 Å². The zero-order chi connectivity index (χ0) is 27.5. The van der Waals surface area contributed by atoms with E-state index in [4.69, 9.17) is 25.4 Å². The van der Waals surface area contributed by atoms with Crippen molar-refractivity contribution < 1.29 is 28.9 Å². The van der Waals surface area contributed by atoms with Crippen LogP contribution in [0.15, 0.2) is 66.7 Å². The Hall–Kier alpha value is -4.77. The number of carbonyl (C=O) groups is 2. The number of hydrogen-bond donors (Lipinski definition) is 6. The molecule has 1 unspecified atom stereocenters. The second kappa shape index (κ2) is 13.5. The van der Waals surface area contributed by atoms with Crippen molar-refractivity contribution in [2.75, 3.05) is 32.2 Å². The van der Waals surface area contributed by atoms with Crippen LogP contribution in [0.25, 0.3) is 0 Å². The zero-order valence-corrected chi connectivity index (χ0v) is 21.1. The van der Waals surface area contributed by atoms with Gasteiger partial charge < -0.3 is 30.4 Å². The summed E-state index contributed by atoms with van der Waals surface area (Å²) in [5.74, 6) is -0.222. The van der Waals surface area contributed by atoms with Crippen LogP contribution in [0.1, 0.15) is 34.5 Å². The van der Waals surface area contributed by atoms with E-state index in [-0.39, 0.29) is 17.1 Å². The molecule has 0 radical (unpaired) electrons. The maximum Gasteiger partial charge on any atom is 0.269 e. The first-order chi connectivity index (χ1) is 18.3. The molecule has 2 amide bonds. The Bertz CT molecular complexity index is 1250. The van der Waals surface area contributed by atoms with Crippen molar-refractivity contribution in [2.24, 2.45) is 5.73 Å². The van der Waals surface area contributed by atoms with Crippen LogP contribution in [0.2, 0.25) is 0 Å². The average Bonchev–Trinajstić information content (AvgIpc) is 2.92. The lowest BCUT2D eigenvalue weighted by atomic mass is 10.0. The number of benzene rings is 3. The molecule has 0 aliphatic rings. The fourth-order valence-corrected chi connectivity index (χ4v) is 3.42. The lowest BCUT2D eigenvalue weighted by molar-refractivity contribution is -0.122. The molecule has 11 heteroatoms. The van der Waals surface area contributed by atoms with Crippen molar-refractivity contribution in [3.63, 3.8) is 0 Å². The highest BCUT2D eigenvalue weighted by Gasteiger charge is 2.23. The first kappa shape index (κ1) is 27.8. The van der Waals surface area contributed by atoms with Crippen LogP contribution in [0.4, 0.5) is 5.69 Å². The highest BCUT2D eigenvalue weighted by molar-refractivity contribution is 5.97. The number of nitrogens with two attached hydrogens (primary N) is 1. The van der Waals surface area contributed by atoms with Gasteiger partial charge in [-0.2, -0.15) is 0 Å². The average molecular weight is 522 g/mol. The molecule has 0 bridgehead atoms. The number of amides is 2. The number of ether oxygens (including phenoxy) is 3. The second-order valence-electron chi connectivity index (χ2n) is 8.04. The van der Waals surface area contributed by atoms with Crippen molar-refractivity contribution in [1.82, 2.24) is 10.9 Å². The number of hydrogen-bond acceptors (Lipinski definition) is 8. The minimum Gasteiger partial charge on any atom is -0.508 e. The summed E-state index contributed by atoms with van der Waals surface area (Å²) in [7, 11) is 1.58. The van der Waals surface area contributed by atoms with Crippen molar-refractivity contribution in [3.8, 4) is 17.2 Å². The Balaban J connectivity index is 1.86. The summed E-state index contributed by atoms with van der Waals surface area (Å²) < 4.78 is 16.5. The third kappa shape index (κ3) is 7.61. The molecule has 3 rings (SSSR count). The van der Waals surface area contributed by atoms with Crippen LogP contribution in [0.5, 0.6) is 17.2 Å². The van der Waals surface area contributed by atoms with E-state index in [0.29, 0.717) is 48.1 Å². The van der Waals surface area contributed by atoms with Crippen molar-refractivity contribution in [3.05, 3.63) is 83.4 Å². The lowest BCUT2D eigenvalue weighted by Gasteiger charge is -2.22. The van der Waals surface area contributed by atoms with Crippen LogP contribution < -0.4 is 31.4 Å². The van der Waals surface area contributed by atoms with Crippen LogP contribution in [0.3, 0.4) is 0 Å². The number of anilines is 1. The quantitative estimate of drug-likeness (QED) is 0.0915. The number of phenolic OH excluding ortho intramolecular Hbond substituents is 1. The van der Waals surface area contributed by atoms with Crippen LogP contribution in [0, 0.1) is 5.41 Å². The first-order valence-corrected chi connectivity index (χ1v) is 11.8. The molecule has 0 aromatic heterocycles. The molecule has 0 aliphatic heterocycles. The summed E-state index contributed by atoms with van der Waals surface area (Å²) in [5.41, 5.74) is 12.3. The number of aromatic hydroxyl groups is 1. The zero-order valence-electron chi connectivity index (χ0n) is 21.1. The van der Waals surface area contributed by atoms with E-state index in [1.807, 2.05) is 6.92 Å². The van der Waals surface area contributed by atoms with Gasteiger partial charge in [-0.05, 0) is 73.2 Å². The third-order valence-corrected chi connectivity index (χ3v) is 5.34. The topological polar surface area (TPSA) is 168 Å². The van der Waals surface area contributed by atoms with Gasteiger partial charge in [0.15, 0.2) is 11.5 Å². The van der Waals surface area contributed by atoms with Gasteiger partial charge in [0, 0.05) is 23.9 Å². The highest BCUT2D eigenvalue weighted by Crippen LogP contribution is 2.32. The Morgan fingerprint density at radius 2 is 1.61 bits per heavy atom. The molecule has 0 spiro atoms. The molecule has 1 atom stereocenters. The second-order valence-corrected chi connectivity index (χ2v) is 8.04. The SMILES string of the molecule is CCOc1cc(C(Nc2ccc(C(=N)N)cc2)C(=O)NNC(=O)c2ccc(O)cc2)ccc1OCCOC. The molecular weight excluding hydrogens is 490 g/mol. The van der Waals surface area contributed by atoms with E-state index < -0.39 is 17.9 Å². The summed E-state index contributed by atoms with van der Waals surface area (Å²) in [4.78, 5) is 25.8. The van der Waals surface area contributed by atoms with Gasteiger partial charge in [-0.1, -0.05) is 6.07 Å². The monoisotopic (exact) mass is 521 g/mol. The van der Waals surface area contributed by atoms with E-state index in [1.54, 1.807) is 49.6 Å². The number of carbonyl (C=O) groups excluding carboxylic acids is 2. The number of nitrogen functional groups attached to an aromatic ring is 1. The van der Waals surface area contributed by atoms with E-state index >= 15 is 0 Å². The minimum atomic E-state index is -0.953. The molecule has 3 aromatic rings. The Morgan fingerprint density at radius 3 is 2.24 bits per heavy atom. The Morgan fingerprint density at radius 1 is 0.921 bits per heavy atom. The Labute approximate surface area is 220 Å². The lowest BCUT2D eigenvalue weighted by Crippen LogP contribution is -2.45. The van der Waals surface area contributed by atoms with Crippen LogP contribution in [-0.2, 0) is 9.53 Å². The predicted molar refractivity (Wildman–Crippen MR) is 143 cm³/mol. The van der Waals surface area contributed by atoms with Crippen molar-refractivity contribution >= 4 is 23.3 Å². The van der Waals surface area contributed by atoms with Gasteiger partial charge in [0.1, 0.15) is 24.2 Å². The number of nitrogens with one attached hydrogen (secondary N) is 4. The first-order valence-electron chi connectivity index (χ1n) is 11.8. The van der Waals surface area contributed by atoms with Crippen molar-refractivity contribution in [1.29, 1.82) is 5.41 Å². The molecule has 11 nitrogen and oxygen atoms in total. The minimum absolute atomic E-state index is 0.0189. The fraction of sp³-hybridized carbons (Fsp3) is 0.222. The van der Waals surface area contributed by atoms with Gasteiger partial charge >= 0.3 is 0 Å². The van der Waals surface area contributed by atoms with E-state index in [9.17, 15) is 14.7 Å².